The molecule has 1 aliphatic carbocycles. The number of allylic oxidation sites excluding steroid dienone is 2. The van der Waals surface area contributed by atoms with Crippen molar-refractivity contribution in [1.82, 2.24) is 0 Å². The lowest BCUT2D eigenvalue weighted by Crippen LogP contribution is -2.31. The van der Waals surface area contributed by atoms with Crippen molar-refractivity contribution in [2.75, 3.05) is 0 Å². The minimum Gasteiger partial charge on any atom is -0.0848 e. The van der Waals surface area contributed by atoms with Crippen LogP contribution in [0.2, 0.25) is 0 Å². The molecule has 142 valence electrons. The largest absolute Gasteiger partial charge is 0.0848 e. The normalized spacial score (nSPS) is 27.1. The Morgan fingerprint density at radius 1 is 1.08 bits per heavy atom. The molecule has 0 heteroatoms. The Labute approximate surface area is 153 Å². The van der Waals surface area contributed by atoms with Gasteiger partial charge < -0.3 is 0 Å². The van der Waals surface area contributed by atoms with E-state index in [0.717, 1.165) is 11.8 Å². The molecule has 0 aromatic heterocycles. The Hall–Kier alpha value is -0.260. The molecule has 0 aromatic rings. The van der Waals surface area contributed by atoms with Gasteiger partial charge in [0.1, 0.15) is 0 Å². The zero-order valence-corrected chi connectivity index (χ0v) is 18.2. The molecule has 3 atom stereocenters. The fraction of sp³-hybridized carbons (Fsp3) is 0.917. The summed E-state index contributed by atoms with van der Waals surface area (Å²) < 4.78 is 0. The van der Waals surface area contributed by atoms with Crippen LogP contribution in [0.3, 0.4) is 0 Å². The average molecular weight is 335 g/mol. The molecule has 0 heterocycles. The highest BCUT2D eigenvalue weighted by molar-refractivity contribution is 5.06. The van der Waals surface area contributed by atoms with Gasteiger partial charge in [-0.15, -0.1) is 0 Å². The molecule has 0 radical (unpaired) electrons. The van der Waals surface area contributed by atoms with Gasteiger partial charge in [-0.2, -0.15) is 0 Å². The van der Waals surface area contributed by atoms with Crippen LogP contribution in [-0.4, -0.2) is 0 Å². The Kier molecular flexibility index (Phi) is 8.08. The maximum Gasteiger partial charge on any atom is -0.0124 e. The lowest BCUT2D eigenvalue weighted by molar-refractivity contribution is 0.142. The van der Waals surface area contributed by atoms with E-state index in [0.29, 0.717) is 10.8 Å². The van der Waals surface area contributed by atoms with E-state index in [9.17, 15) is 0 Å². The van der Waals surface area contributed by atoms with Crippen LogP contribution >= 0.6 is 0 Å². The van der Waals surface area contributed by atoms with Crippen LogP contribution in [0, 0.1) is 28.1 Å². The first kappa shape index (κ1) is 21.8. The van der Waals surface area contributed by atoms with Gasteiger partial charge in [0, 0.05) is 0 Å². The summed E-state index contributed by atoms with van der Waals surface area (Å²) in [6.07, 6.45) is 17.6. The first-order chi connectivity index (χ1) is 11.1. The first-order valence-electron chi connectivity index (χ1n) is 10.8. The van der Waals surface area contributed by atoms with Gasteiger partial charge in [0.2, 0.25) is 0 Å². The van der Waals surface area contributed by atoms with Crippen LogP contribution in [0.15, 0.2) is 12.2 Å². The van der Waals surface area contributed by atoms with Gasteiger partial charge in [0.05, 0.1) is 0 Å². The molecule has 0 nitrogen and oxygen atoms in total. The molecule has 0 saturated heterocycles. The second kappa shape index (κ2) is 8.91. The maximum absolute atomic E-state index is 2.58. The van der Waals surface area contributed by atoms with Crippen molar-refractivity contribution in [2.24, 2.45) is 28.1 Å². The van der Waals surface area contributed by atoms with E-state index in [-0.39, 0.29) is 5.41 Å². The van der Waals surface area contributed by atoms with Crippen molar-refractivity contribution in [2.45, 2.75) is 113 Å². The zero-order valence-electron chi connectivity index (χ0n) is 18.2. The summed E-state index contributed by atoms with van der Waals surface area (Å²) in [6.45, 7) is 19.5. The van der Waals surface area contributed by atoms with Crippen LogP contribution < -0.4 is 0 Å². The molecule has 0 amide bonds. The van der Waals surface area contributed by atoms with E-state index in [1.165, 1.54) is 57.8 Å². The summed E-state index contributed by atoms with van der Waals surface area (Å²) >= 11 is 0. The summed E-state index contributed by atoms with van der Waals surface area (Å²) in [5.41, 5.74) is 1.23. The van der Waals surface area contributed by atoms with Crippen molar-refractivity contribution in [3.63, 3.8) is 0 Å². The van der Waals surface area contributed by atoms with Gasteiger partial charge in [0.15, 0.2) is 0 Å². The summed E-state index contributed by atoms with van der Waals surface area (Å²) in [7, 11) is 0. The molecule has 0 aromatic carbocycles. The third-order valence-corrected chi connectivity index (χ3v) is 7.61. The fourth-order valence-corrected chi connectivity index (χ4v) is 4.74. The number of rotatable bonds is 10. The van der Waals surface area contributed by atoms with Gasteiger partial charge in [-0.25, -0.2) is 0 Å². The molecule has 1 rings (SSSR count). The Balaban J connectivity index is 2.77. The molecule has 0 spiro atoms. The van der Waals surface area contributed by atoms with E-state index in [1.54, 1.807) is 0 Å². The quantitative estimate of drug-likeness (QED) is 0.352. The van der Waals surface area contributed by atoms with Gasteiger partial charge in [0.25, 0.3) is 0 Å². The van der Waals surface area contributed by atoms with Crippen molar-refractivity contribution >= 4 is 0 Å². The topological polar surface area (TPSA) is 0 Å². The van der Waals surface area contributed by atoms with E-state index in [2.05, 4.69) is 67.5 Å². The Morgan fingerprint density at radius 2 is 1.71 bits per heavy atom. The molecule has 1 fully saturated rings. The second-order valence-electron chi connectivity index (χ2n) is 10.2. The SMILES string of the molecule is CCCCC1(C)CCCC1C(C)/C=C\C(C)(C)C(C)(C)CCCC. The fourth-order valence-electron chi connectivity index (χ4n) is 4.74. The average Bonchev–Trinajstić information content (AvgIpc) is 2.90. The highest BCUT2D eigenvalue weighted by atomic mass is 14.5. The smallest absolute Gasteiger partial charge is 0.0124 e. The molecule has 0 aliphatic heterocycles. The molecule has 0 bridgehead atoms. The lowest BCUT2D eigenvalue weighted by atomic mass is 9.64. The van der Waals surface area contributed by atoms with Crippen molar-refractivity contribution in [1.29, 1.82) is 0 Å². The minimum atomic E-state index is 0.273. The molecule has 0 N–H and O–H groups in total. The summed E-state index contributed by atoms with van der Waals surface area (Å²) in [6, 6.07) is 0. The number of hydrogen-bond acceptors (Lipinski definition) is 0. The van der Waals surface area contributed by atoms with Crippen molar-refractivity contribution in [3.8, 4) is 0 Å². The Bertz CT molecular complexity index is 387. The minimum absolute atomic E-state index is 0.273. The monoisotopic (exact) mass is 334 g/mol. The standard InChI is InChI=1S/C24H46/c1-9-11-16-22(4,5)23(6,7)19-15-20(3)21-14-13-18-24(21,8)17-12-10-2/h15,19-21H,9-14,16-18H2,1-8H3/b19-15-. The van der Waals surface area contributed by atoms with Crippen molar-refractivity contribution < 1.29 is 0 Å². The highest BCUT2D eigenvalue weighted by Crippen LogP contribution is 2.51. The first-order valence-corrected chi connectivity index (χ1v) is 10.8. The second-order valence-corrected chi connectivity index (χ2v) is 10.2. The molecule has 1 saturated carbocycles. The molecule has 3 unspecified atom stereocenters. The molecule has 24 heavy (non-hydrogen) atoms. The molecule has 1 aliphatic rings. The predicted octanol–water partition coefficient (Wildman–Crippen LogP) is 8.42. The van der Waals surface area contributed by atoms with Crippen LogP contribution in [0.25, 0.3) is 0 Å². The third kappa shape index (κ3) is 5.37. The predicted molar refractivity (Wildman–Crippen MR) is 110 cm³/mol. The van der Waals surface area contributed by atoms with Crippen LogP contribution in [0.4, 0.5) is 0 Å². The number of hydrogen-bond donors (Lipinski definition) is 0. The summed E-state index contributed by atoms with van der Waals surface area (Å²) in [5, 5.41) is 0. The van der Waals surface area contributed by atoms with E-state index in [1.807, 2.05) is 0 Å². The lowest BCUT2D eigenvalue weighted by Gasteiger charge is -2.41. The van der Waals surface area contributed by atoms with Crippen LogP contribution in [0.1, 0.15) is 113 Å². The van der Waals surface area contributed by atoms with Gasteiger partial charge in [-0.05, 0) is 53.8 Å². The summed E-state index contributed by atoms with van der Waals surface area (Å²) in [5.74, 6) is 1.60. The van der Waals surface area contributed by atoms with E-state index < -0.39 is 0 Å². The summed E-state index contributed by atoms with van der Waals surface area (Å²) in [4.78, 5) is 0. The maximum atomic E-state index is 2.58. The van der Waals surface area contributed by atoms with Gasteiger partial charge in [-0.1, -0.05) is 99.6 Å². The van der Waals surface area contributed by atoms with Crippen LogP contribution in [-0.2, 0) is 0 Å². The highest BCUT2D eigenvalue weighted by Gasteiger charge is 2.40. The molecular weight excluding hydrogens is 288 g/mol. The van der Waals surface area contributed by atoms with Gasteiger partial charge in [-0.3, -0.25) is 0 Å². The third-order valence-electron chi connectivity index (χ3n) is 7.61. The Morgan fingerprint density at radius 3 is 2.29 bits per heavy atom. The number of unbranched alkanes of at least 4 members (excludes halogenated alkanes) is 2. The van der Waals surface area contributed by atoms with Gasteiger partial charge >= 0.3 is 0 Å². The van der Waals surface area contributed by atoms with Crippen LogP contribution in [0.5, 0.6) is 0 Å². The van der Waals surface area contributed by atoms with E-state index >= 15 is 0 Å². The molecular formula is C24H46. The van der Waals surface area contributed by atoms with Crippen molar-refractivity contribution in [3.05, 3.63) is 12.2 Å². The zero-order chi connectivity index (χ0) is 18.4. The van der Waals surface area contributed by atoms with E-state index in [4.69, 9.17) is 0 Å².